The van der Waals surface area contributed by atoms with Crippen molar-refractivity contribution >= 4 is 11.5 Å². The molecule has 1 aromatic heterocycles. The summed E-state index contributed by atoms with van der Waals surface area (Å²) in [5.74, 6) is 0.469. The van der Waals surface area contributed by atoms with Crippen LogP contribution in [0.5, 0.6) is 0 Å². The van der Waals surface area contributed by atoms with E-state index >= 15 is 0 Å². The van der Waals surface area contributed by atoms with E-state index in [2.05, 4.69) is 10.2 Å². The number of non-ortho nitro benzene ring substituents is 1. The molecule has 0 atom stereocenters. The molecule has 0 aliphatic heterocycles. The van der Waals surface area contributed by atoms with Gasteiger partial charge in [-0.25, -0.2) is 4.79 Å². The lowest BCUT2D eigenvalue weighted by atomic mass is 10.1. The van der Waals surface area contributed by atoms with Gasteiger partial charge in [0.05, 0.1) is 4.92 Å². The normalized spacial score (nSPS) is 11.1. The van der Waals surface area contributed by atoms with Gasteiger partial charge in [-0.1, -0.05) is 12.1 Å². The maximum Gasteiger partial charge on any atom is 0.332 e. The standard InChI is InChI=1S/C20H29N5O5/c1-22-18(15-19(27)23(2)20(22)28)21-10-13-24(12-4-14-26)11-3-5-16-6-8-17(9-7-16)25(29)30/h6-9,15,21,26H,3-5,10-14H2,1-2H3. The van der Waals surface area contributed by atoms with Crippen molar-refractivity contribution < 1.29 is 10.0 Å². The van der Waals surface area contributed by atoms with E-state index in [1.165, 1.54) is 29.8 Å². The van der Waals surface area contributed by atoms with Gasteiger partial charge in [-0.05, 0) is 31.4 Å². The molecule has 0 unspecified atom stereocenters. The van der Waals surface area contributed by atoms with Crippen molar-refractivity contribution in [1.82, 2.24) is 14.0 Å². The molecule has 2 N–H and O–H groups in total. The Morgan fingerprint density at radius 2 is 1.73 bits per heavy atom. The molecule has 0 amide bonds. The summed E-state index contributed by atoms with van der Waals surface area (Å²) >= 11 is 0. The van der Waals surface area contributed by atoms with Crippen LogP contribution < -0.4 is 16.6 Å². The van der Waals surface area contributed by atoms with Crippen molar-refractivity contribution in [3.05, 3.63) is 66.8 Å². The number of nitro benzene ring substituents is 1. The highest BCUT2D eigenvalue weighted by atomic mass is 16.6. The van der Waals surface area contributed by atoms with Gasteiger partial charge in [-0.3, -0.25) is 24.0 Å². The molecule has 10 heteroatoms. The molecule has 2 aromatic rings. The van der Waals surface area contributed by atoms with Gasteiger partial charge in [-0.15, -0.1) is 0 Å². The topological polar surface area (TPSA) is 123 Å². The molecule has 30 heavy (non-hydrogen) atoms. The minimum Gasteiger partial charge on any atom is -0.396 e. The smallest absolute Gasteiger partial charge is 0.332 e. The predicted molar refractivity (Wildman–Crippen MR) is 115 cm³/mol. The van der Waals surface area contributed by atoms with E-state index in [9.17, 15) is 19.7 Å². The molecule has 0 aliphatic rings. The summed E-state index contributed by atoms with van der Waals surface area (Å²) < 4.78 is 2.45. The fourth-order valence-electron chi connectivity index (χ4n) is 3.17. The van der Waals surface area contributed by atoms with Crippen LogP contribution in [0.4, 0.5) is 11.5 Å². The predicted octanol–water partition coefficient (Wildman–Crippen LogP) is 0.721. The van der Waals surface area contributed by atoms with Crippen LogP contribution in [0.1, 0.15) is 18.4 Å². The quantitative estimate of drug-likeness (QED) is 0.384. The van der Waals surface area contributed by atoms with Gasteiger partial charge in [-0.2, -0.15) is 0 Å². The molecule has 10 nitrogen and oxygen atoms in total. The Bertz CT molecular complexity index is 952. The van der Waals surface area contributed by atoms with Crippen molar-refractivity contribution in [1.29, 1.82) is 0 Å². The van der Waals surface area contributed by atoms with Crippen molar-refractivity contribution in [2.75, 3.05) is 38.1 Å². The molecule has 0 radical (unpaired) electrons. The Labute approximate surface area is 174 Å². The number of nitrogens with zero attached hydrogens (tertiary/aromatic N) is 4. The number of aryl methyl sites for hydroxylation is 1. The van der Waals surface area contributed by atoms with Crippen LogP contribution in [-0.2, 0) is 20.5 Å². The zero-order valence-electron chi connectivity index (χ0n) is 17.4. The maximum absolute atomic E-state index is 12.0. The van der Waals surface area contributed by atoms with Crippen LogP contribution in [0, 0.1) is 10.1 Å². The maximum atomic E-state index is 12.0. The minimum atomic E-state index is -0.411. The van der Waals surface area contributed by atoms with Crippen LogP contribution in [0.3, 0.4) is 0 Å². The number of nitro groups is 1. The Morgan fingerprint density at radius 1 is 1.07 bits per heavy atom. The van der Waals surface area contributed by atoms with Crippen LogP contribution in [0.25, 0.3) is 0 Å². The molecule has 0 bridgehead atoms. The highest BCUT2D eigenvalue weighted by Crippen LogP contribution is 2.13. The molecule has 1 heterocycles. The van der Waals surface area contributed by atoms with Gasteiger partial charge in [0.25, 0.3) is 11.2 Å². The van der Waals surface area contributed by atoms with Crippen molar-refractivity contribution in [3.8, 4) is 0 Å². The Hall–Kier alpha value is -2.98. The summed E-state index contributed by atoms with van der Waals surface area (Å²) in [6, 6.07) is 7.96. The van der Waals surface area contributed by atoms with Gasteiger partial charge in [0, 0.05) is 58.5 Å². The van der Waals surface area contributed by atoms with Crippen LogP contribution in [-0.4, -0.2) is 56.8 Å². The first kappa shape index (κ1) is 23.3. The van der Waals surface area contributed by atoms with Crippen LogP contribution >= 0.6 is 0 Å². The summed E-state index contributed by atoms with van der Waals surface area (Å²) in [5, 5.41) is 23.0. The van der Waals surface area contributed by atoms with Crippen LogP contribution in [0.2, 0.25) is 0 Å². The molecule has 0 aliphatic carbocycles. The minimum absolute atomic E-state index is 0.0829. The Morgan fingerprint density at radius 3 is 2.37 bits per heavy atom. The summed E-state index contributed by atoms with van der Waals surface area (Å²) in [4.78, 5) is 36.3. The van der Waals surface area contributed by atoms with Crippen LogP contribution in [0.15, 0.2) is 39.9 Å². The third-order valence-electron chi connectivity index (χ3n) is 4.98. The number of aliphatic hydroxyl groups excluding tert-OH is 1. The van der Waals surface area contributed by atoms with E-state index < -0.39 is 4.92 Å². The number of aromatic nitrogens is 2. The van der Waals surface area contributed by atoms with Gasteiger partial charge < -0.3 is 15.3 Å². The fourth-order valence-corrected chi connectivity index (χ4v) is 3.17. The second-order valence-electron chi connectivity index (χ2n) is 7.14. The zero-order chi connectivity index (χ0) is 22.1. The highest BCUT2D eigenvalue weighted by Gasteiger charge is 2.09. The van der Waals surface area contributed by atoms with E-state index in [1.807, 2.05) is 0 Å². The summed E-state index contributed by atoms with van der Waals surface area (Å²) in [6.45, 7) is 2.87. The molecule has 0 saturated heterocycles. The molecule has 0 spiro atoms. The second-order valence-corrected chi connectivity index (χ2v) is 7.14. The summed E-state index contributed by atoms with van der Waals surface area (Å²) in [7, 11) is 3.05. The molecular formula is C20H29N5O5. The monoisotopic (exact) mass is 419 g/mol. The lowest BCUT2D eigenvalue weighted by Crippen LogP contribution is -2.38. The number of aliphatic hydroxyl groups is 1. The molecule has 164 valence electrons. The molecule has 0 fully saturated rings. The van der Waals surface area contributed by atoms with Gasteiger partial charge in [0.2, 0.25) is 0 Å². The van der Waals surface area contributed by atoms with Crippen molar-refractivity contribution in [2.45, 2.75) is 19.3 Å². The number of hydrogen-bond acceptors (Lipinski definition) is 7. The molecule has 2 rings (SSSR count). The first-order chi connectivity index (χ1) is 14.3. The lowest BCUT2D eigenvalue weighted by Gasteiger charge is -2.23. The van der Waals surface area contributed by atoms with E-state index in [4.69, 9.17) is 5.11 Å². The number of anilines is 1. The average molecular weight is 419 g/mol. The van der Waals surface area contributed by atoms with E-state index in [1.54, 1.807) is 19.2 Å². The first-order valence-electron chi connectivity index (χ1n) is 9.91. The summed E-state index contributed by atoms with van der Waals surface area (Å²) in [5.41, 5.74) is 0.376. The molecular weight excluding hydrogens is 390 g/mol. The van der Waals surface area contributed by atoms with Gasteiger partial charge in [0.15, 0.2) is 0 Å². The number of rotatable bonds is 12. The largest absolute Gasteiger partial charge is 0.396 e. The molecule has 1 aromatic carbocycles. The fraction of sp³-hybridized carbons (Fsp3) is 0.500. The lowest BCUT2D eigenvalue weighted by molar-refractivity contribution is -0.384. The first-order valence-corrected chi connectivity index (χ1v) is 9.91. The Balaban J connectivity index is 1.87. The molecule has 0 saturated carbocycles. The van der Waals surface area contributed by atoms with Crippen molar-refractivity contribution in [2.24, 2.45) is 14.1 Å². The number of nitrogens with one attached hydrogen (secondary N) is 1. The van der Waals surface area contributed by atoms with E-state index in [0.29, 0.717) is 25.3 Å². The highest BCUT2D eigenvalue weighted by molar-refractivity contribution is 5.34. The van der Waals surface area contributed by atoms with E-state index in [0.717, 1.165) is 36.1 Å². The SMILES string of the molecule is Cn1c(NCCN(CCCO)CCCc2ccc([N+](=O)[O-])cc2)cc(=O)n(C)c1=O. The number of hydrogen-bond donors (Lipinski definition) is 2. The third kappa shape index (κ3) is 6.53. The third-order valence-corrected chi connectivity index (χ3v) is 4.98. The van der Waals surface area contributed by atoms with Crippen molar-refractivity contribution in [3.63, 3.8) is 0 Å². The zero-order valence-corrected chi connectivity index (χ0v) is 17.4. The Kier molecular flexibility index (Phi) is 8.75. The summed E-state index contributed by atoms with van der Waals surface area (Å²) in [6.07, 6.45) is 2.32. The second kappa shape index (κ2) is 11.3. The van der Waals surface area contributed by atoms with Gasteiger partial charge in [0.1, 0.15) is 5.82 Å². The van der Waals surface area contributed by atoms with Gasteiger partial charge >= 0.3 is 5.69 Å². The van der Waals surface area contributed by atoms with E-state index in [-0.39, 0.29) is 23.5 Å². The number of benzene rings is 1. The average Bonchev–Trinajstić information content (AvgIpc) is 2.73.